The third kappa shape index (κ3) is 2.02. The predicted octanol–water partition coefficient (Wildman–Crippen LogP) is 3.44. The summed E-state index contributed by atoms with van der Waals surface area (Å²) in [6, 6.07) is 20.8. The fourth-order valence-corrected chi connectivity index (χ4v) is 1.99. The molecular weight excluding hydrogens is 208 g/mol. The van der Waals surface area contributed by atoms with Crippen molar-refractivity contribution in [2.24, 2.45) is 0 Å². The van der Waals surface area contributed by atoms with Crippen LogP contribution in [-0.2, 0) is 0 Å². The van der Waals surface area contributed by atoms with E-state index in [1.54, 1.807) is 0 Å². The van der Waals surface area contributed by atoms with Crippen molar-refractivity contribution in [1.29, 1.82) is 0 Å². The van der Waals surface area contributed by atoms with Gasteiger partial charge in [-0.15, -0.1) is 0 Å². The number of nitrogens with zero attached hydrogens (tertiary/aromatic N) is 2. The van der Waals surface area contributed by atoms with Crippen LogP contribution in [0.2, 0.25) is 0 Å². The molecule has 0 spiro atoms. The lowest BCUT2D eigenvalue weighted by atomic mass is 10.3. The van der Waals surface area contributed by atoms with Crippen LogP contribution in [0.4, 0.5) is 11.4 Å². The molecule has 0 radical (unpaired) electrons. The molecule has 2 aromatic carbocycles. The molecule has 84 valence electrons. The Bertz CT molecular complexity index is 457. The molecule has 0 bridgehead atoms. The molecule has 0 N–H and O–H groups in total. The SMILES string of the molecule is C1=CN(c2ccccc2)CN1c1ccccc1. The van der Waals surface area contributed by atoms with Gasteiger partial charge in [0.25, 0.3) is 0 Å². The highest BCUT2D eigenvalue weighted by Crippen LogP contribution is 2.23. The van der Waals surface area contributed by atoms with Crippen LogP contribution in [0.25, 0.3) is 0 Å². The van der Waals surface area contributed by atoms with Crippen molar-refractivity contribution in [3.8, 4) is 0 Å². The maximum atomic E-state index is 2.23. The Morgan fingerprint density at radius 3 is 1.41 bits per heavy atom. The van der Waals surface area contributed by atoms with Gasteiger partial charge in [0, 0.05) is 23.8 Å². The lowest BCUT2D eigenvalue weighted by molar-refractivity contribution is 0.976. The first-order chi connectivity index (χ1) is 8.43. The largest absolute Gasteiger partial charge is 0.328 e. The summed E-state index contributed by atoms with van der Waals surface area (Å²) in [5, 5.41) is 0. The van der Waals surface area contributed by atoms with Crippen molar-refractivity contribution in [3.05, 3.63) is 73.1 Å². The predicted molar refractivity (Wildman–Crippen MR) is 71.8 cm³/mol. The summed E-state index contributed by atoms with van der Waals surface area (Å²) in [6.45, 7) is 0.869. The summed E-state index contributed by atoms with van der Waals surface area (Å²) < 4.78 is 0. The minimum atomic E-state index is 0.869. The van der Waals surface area contributed by atoms with Crippen LogP contribution in [0.3, 0.4) is 0 Å². The lowest BCUT2D eigenvalue weighted by Crippen LogP contribution is -2.24. The molecule has 3 rings (SSSR count). The van der Waals surface area contributed by atoms with Gasteiger partial charge in [-0.25, -0.2) is 0 Å². The second-order valence-corrected chi connectivity index (χ2v) is 4.05. The molecule has 2 heteroatoms. The van der Waals surface area contributed by atoms with E-state index in [-0.39, 0.29) is 0 Å². The molecule has 0 amide bonds. The van der Waals surface area contributed by atoms with E-state index in [4.69, 9.17) is 0 Å². The van der Waals surface area contributed by atoms with Crippen molar-refractivity contribution in [2.75, 3.05) is 16.5 Å². The molecule has 1 heterocycles. The van der Waals surface area contributed by atoms with Gasteiger partial charge in [-0.05, 0) is 24.3 Å². The first-order valence-electron chi connectivity index (χ1n) is 5.75. The first kappa shape index (κ1) is 9.97. The molecule has 0 unspecified atom stereocenters. The van der Waals surface area contributed by atoms with E-state index < -0.39 is 0 Å². The van der Waals surface area contributed by atoms with Gasteiger partial charge < -0.3 is 9.80 Å². The molecule has 0 aromatic heterocycles. The number of benzene rings is 2. The van der Waals surface area contributed by atoms with Gasteiger partial charge in [-0.3, -0.25) is 0 Å². The van der Waals surface area contributed by atoms with Crippen LogP contribution in [-0.4, -0.2) is 6.67 Å². The Hall–Kier alpha value is -2.22. The summed E-state index contributed by atoms with van der Waals surface area (Å²) in [7, 11) is 0. The van der Waals surface area contributed by atoms with Gasteiger partial charge >= 0.3 is 0 Å². The third-order valence-corrected chi connectivity index (χ3v) is 2.91. The monoisotopic (exact) mass is 222 g/mol. The Morgan fingerprint density at radius 2 is 1.00 bits per heavy atom. The van der Waals surface area contributed by atoms with Crippen molar-refractivity contribution in [1.82, 2.24) is 0 Å². The zero-order valence-corrected chi connectivity index (χ0v) is 9.53. The number of hydrogen-bond donors (Lipinski definition) is 0. The first-order valence-corrected chi connectivity index (χ1v) is 5.75. The number of rotatable bonds is 2. The lowest BCUT2D eigenvalue weighted by Gasteiger charge is -2.21. The molecule has 1 aliphatic heterocycles. The highest BCUT2D eigenvalue weighted by Gasteiger charge is 2.14. The van der Waals surface area contributed by atoms with E-state index in [1.807, 2.05) is 12.1 Å². The van der Waals surface area contributed by atoms with Crippen molar-refractivity contribution < 1.29 is 0 Å². The van der Waals surface area contributed by atoms with Crippen LogP contribution in [0.1, 0.15) is 0 Å². The third-order valence-electron chi connectivity index (χ3n) is 2.91. The summed E-state index contributed by atoms with van der Waals surface area (Å²) in [5.41, 5.74) is 2.45. The molecule has 0 aliphatic carbocycles. The molecule has 0 atom stereocenters. The zero-order chi connectivity index (χ0) is 11.5. The molecule has 0 saturated carbocycles. The van der Waals surface area contributed by atoms with Gasteiger partial charge in [0.15, 0.2) is 0 Å². The van der Waals surface area contributed by atoms with Gasteiger partial charge in [0.05, 0.1) is 6.67 Å². The van der Waals surface area contributed by atoms with Crippen molar-refractivity contribution in [2.45, 2.75) is 0 Å². The number of hydrogen-bond acceptors (Lipinski definition) is 2. The summed E-state index contributed by atoms with van der Waals surface area (Å²) in [5.74, 6) is 0. The normalized spacial score (nSPS) is 14.4. The minimum Gasteiger partial charge on any atom is -0.328 e. The topological polar surface area (TPSA) is 6.48 Å². The fourth-order valence-electron chi connectivity index (χ4n) is 1.99. The van der Waals surface area contributed by atoms with E-state index in [2.05, 4.69) is 70.7 Å². The van der Waals surface area contributed by atoms with Crippen molar-refractivity contribution in [3.63, 3.8) is 0 Å². The van der Waals surface area contributed by atoms with Gasteiger partial charge in [0.2, 0.25) is 0 Å². The van der Waals surface area contributed by atoms with Crippen molar-refractivity contribution >= 4 is 11.4 Å². The highest BCUT2D eigenvalue weighted by molar-refractivity contribution is 5.58. The van der Waals surface area contributed by atoms with Gasteiger partial charge in [-0.2, -0.15) is 0 Å². The standard InChI is InChI=1S/C15H14N2/c1-3-7-14(8-4-1)16-11-12-17(13-16)15-9-5-2-6-10-15/h1-12H,13H2. The number of anilines is 2. The summed E-state index contributed by atoms with van der Waals surface area (Å²) >= 11 is 0. The summed E-state index contributed by atoms with van der Waals surface area (Å²) in [6.07, 6.45) is 4.23. The Balaban J connectivity index is 1.78. The van der Waals surface area contributed by atoms with Crippen LogP contribution in [0.5, 0.6) is 0 Å². The highest BCUT2D eigenvalue weighted by atomic mass is 15.3. The van der Waals surface area contributed by atoms with Crippen LogP contribution in [0, 0.1) is 0 Å². The average Bonchev–Trinajstić information content (AvgIpc) is 2.90. The number of para-hydroxylation sites is 2. The molecule has 1 aliphatic rings. The quantitative estimate of drug-likeness (QED) is 0.768. The van der Waals surface area contributed by atoms with Gasteiger partial charge in [-0.1, -0.05) is 36.4 Å². The second-order valence-electron chi connectivity index (χ2n) is 4.05. The maximum absolute atomic E-state index is 2.23. The fraction of sp³-hybridized carbons (Fsp3) is 0.0667. The van der Waals surface area contributed by atoms with Crippen LogP contribution in [0.15, 0.2) is 73.1 Å². The Kier molecular flexibility index (Phi) is 2.54. The average molecular weight is 222 g/mol. The maximum Gasteiger partial charge on any atom is 0.0989 e. The molecule has 17 heavy (non-hydrogen) atoms. The van der Waals surface area contributed by atoms with Crippen LogP contribution < -0.4 is 9.80 Å². The van der Waals surface area contributed by atoms with E-state index >= 15 is 0 Å². The van der Waals surface area contributed by atoms with E-state index in [9.17, 15) is 0 Å². The molecule has 2 nitrogen and oxygen atoms in total. The summed E-state index contributed by atoms with van der Waals surface area (Å²) in [4.78, 5) is 4.46. The zero-order valence-electron chi connectivity index (χ0n) is 9.53. The van der Waals surface area contributed by atoms with Crippen LogP contribution >= 0.6 is 0 Å². The molecular formula is C15H14N2. The molecule has 0 fully saturated rings. The van der Waals surface area contributed by atoms with E-state index in [0.717, 1.165) is 6.67 Å². The molecule has 2 aromatic rings. The Labute approximate surface area is 101 Å². The smallest absolute Gasteiger partial charge is 0.0989 e. The second kappa shape index (κ2) is 4.34. The Morgan fingerprint density at radius 1 is 0.588 bits per heavy atom. The minimum absolute atomic E-state index is 0.869. The van der Waals surface area contributed by atoms with E-state index in [1.165, 1.54) is 11.4 Å². The molecule has 0 saturated heterocycles. The van der Waals surface area contributed by atoms with E-state index in [0.29, 0.717) is 0 Å². The van der Waals surface area contributed by atoms with Gasteiger partial charge in [0.1, 0.15) is 0 Å².